The molecule has 1 saturated heterocycles. The SMILES string of the molecule is O=C(CCCN1C(=O)/C(=C/c2ccc3c(c2)OCO3)SC1=S)NC1=NCCS1. The minimum absolute atomic E-state index is 0.0884. The van der Waals surface area contributed by atoms with E-state index >= 15 is 0 Å². The Morgan fingerprint density at radius 3 is 3.04 bits per heavy atom. The van der Waals surface area contributed by atoms with Gasteiger partial charge in [0, 0.05) is 18.7 Å². The van der Waals surface area contributed by atoms with E-state index in [1.54, 1.807) is 22.7 Å². The maximum Gasteiger partial charge on any atom is 0.266 e. The van der Waals surface area contributed by atoms with Gasteiger partial charge in [-0.3, -0.25) is 19.5 Å². The molecule has 0 bridgehead atoms. The number of amidine groups is 1. The summed E-state index contributed by atoms with van der Waals surface area (Å²) in [6.45, 7) is 1.36. The molecule has 0 aromatic heterocycles. The lowest BCUT2D eigenvalue weighted by atomic mass is 10.2. The van der Waals surface area contributed by atoms with Crippen molar-refractivity contribution in [2.45, 2.75) is 12.8 Å². The zero-order valence-electron chi connectivity index (χ0n) is 14.8. The highest BCUT2D eigenvalue weighted by Gasteiger charge is 2.31. The van der Waals surface area contributed by atoms with Crippen molar-refractivity contribution in [2.24, 2.45) is 4.99 Å². The maximum absolute atomic E-state index is 12.7. The first-order valence-corrected chi connectivity index (χ1v) is 10.9. The van der Waals surface area contributed by atoms with Crippen molar-refractivity contribution in [1.82, 2.24) is 10.2 Å². The van der Waals surface area contributed by atoms with E-state index in [-0.39, 0.29) is 18.6 Å². The first-order valence-electron chi connectivity index (χ1n) is 8.72. The number of thiocarbonyl (C=S) groups is 1. The van der Waals surface area contributed by atoms with Crippen molar-refractivity contribution in [2.75, 3.05) is 25.6 Å². The summed E-state index contributed by atoms with van der Waals surface area (Å²) in [4.78, 5) is 30.9. The highest BCUT2D eigenvalue weighted by molar-refractivity contribution is 8.26. The Kier molecular flexibility index (Phi) is 5.88. The van der Waals surface area contributed by atoms with Gasteiger partial charge in [-0.1, -0.05) is 41.8 Å². The monoisotopic (exact) mass is 435 g/mol. The maximum atomic E-state index is 12.7. The second-order valence-electron chi connectivity index (χ2n) is 6.13. The number of carbonyl (C=O) groups excluding carboxylic acids is 2. The summed E-state index contributed by atoms with van der Waals surface area (Å²) in [5.41, 5.74) is 0.846. The van der Waals surface area contributed by atoms with Crippen molar-refractivity contribution >= 4 is 63.1 Å². The first kappa shape index (κ1) is 19.3. The van der Waals surface area contributed by atoms with Crippen LogP contribution in [0.25, 0.3) is 6.08 Å². The molecule has 0 spiro atoms. The van der Waals surface area contributed by atoms with Crippen molar-refractivity contribution < 1.29 is 19.1 Å². The number of thioether (sulfide) groups is 2. The lowest BCUT2D eigenvalue weighted by molar-refractivity contribution is -0.123. The van der Waals surface area contributed by atoms with Gasteiger partial charge in [0.25, 0.3) is 5.91 Å². The molecule has 0 saturated carbocycles. The van der Waals surface area contributed by atoms with Crippen LogP contribution in [0.15, 0.2) is 28.1 Å². The van der Waals surface area contributed by atoms with Crippen molar-refractivity contribution in [3.63, 3.8) is 0 Å². The van der Waals surface area contributed by atoms with Crippen LogP contribution in [-0.4, -0.2) is 51.8 Å². The van der Waals surface area contributed by atoms with Crippen LogP contribution in [0.4, 0.5) is 0 Å². The number of carbonyl (C=O) groups is 2. The fourth-order valence-electron chi connectivity index (χ4n) is 2.84. The largest absolute Gasteiger partial charge is 0.454 e. The Morgan fingerprint density at radius 1 is 1.36 bits per heavy atom. The second kappa shape index (κ2) is 8.54. The van der Waals surface area contributed by atoms with Crippen LogP contribution in [0.1, 0.15) is 18.4 Å². The number of hydrogen-bond acceptors (Lipinski definition) is 8. The fraction of sp³-hybridized carbons (Fsp3) is 0.333. The van der Waals surface area contributed by atoms with Gasteiger partial charge in [0.05, 0.1) is 11.4 Å². The first-order chi connectivity index (χ1) is 13.6. The Hall–Kier alpha value is -2.04. The molecule has 1 N–H and O–H groups in total. The van der Waals surface area contributed by atoms with E-state index in [1.165, 1.54) is 11.8 Å². The number of nitrogens with zero attached hydrogens (tertiary/aromatic N) is 2. The zero-order chi connectivity index (χ0) is 19.5. The quantitative estimate of drug-likeness (QED) is 0.562. The minimum atomic E-state index is -0.135. The minimum Gasteiger partial charge on any atom is -0.454 e. The zero-order valence-corrected chi connectivity index (χ0v) is 17.3. The molecule has 3 heterocycles. The molecule has 3 aliphatic heterocycles. The average molecular weight is 436 g/mol. The fourth-order valence-corrected chi connectivity index (χ4v) is 4.89. The molecule has 0 radical (unpaired) electrons. The van der Waals surface area contributed by atoms with Gasteiger partial charge in [-0.15, -0.1) is 0 Å². The van der Waals surface area contributed by atoms with Crippen LogP contribution in [0.3, 0.4) is 0 Å². The highest BCUT2D eigenvalue weighted by Crippen LogP contribution is 2.36. The van der Waals surface area contributed by atoms with E-state index in [0.29, 0.717) is 45.3 Å². The molecular weight excluding hydrogens is 418 g/mol. The standard InChI is InChI=1S/C18H17N3O4S3/c22-15(20-17-19-5-7-27-17)2-1-6-21-16(23)14(28-18(21)26)9-11-3-4-12-13(8-11)25-10-24-12/h3-4,8-9H,1-2,5-7,10H2,(H,19,20,22)/b14-9-. The normalized spacial score (nSPS) is 19.5. The van der Waals surface area contributed by atoms with Crippen LogP contribution >= 0.6 is 35.7 Å². The summed E-state index contributed by atoms with van der Waals surface area (Å²) in [5.74, 6) is 2.05. The molecule has 3 aliphatic rings. The summed E-state index contributed by atoms with van der Waals surface area (Å²) in [6, 6.07) is 5.53. The van der Waals surface area contributed by atoms with Crippen LogP contribution in [0, 0.1) is 0 Å². The van der Waals surface area contributed by atoms with E-state index in [1.807, 2.05) is 18.2 Å². The molecule has 0 unspecified atom stereocenters. The number of nitrogens with one attached hydrogen (secondary N) is 1. The molecule has 2 amide bonds. The van der Waals surface area contributed by atoms with Crippen LogP contribution in [0.5, 0.6) is 11.5 Å². The van der Waals surface area contributed by atoms with Gasteiger partial charge in [0.1, 0.15) is 4.32 Å². The molecule has 1 aromatic rings. The van der Waals surface area contributed by atoms with Crippen molar-refractivity contribution in [1.29, 1.82) is 0 Å². The predicted octanol–water partition coefficient (Wildman–Crippen LogP) is 2.62. The molecule has 7 nitrogen and oxygen atoms in total. The molecule has 4 rings (SSSR count). The van der Waals surface area contributed by atoms with E-state index < -0.39 is 0 Å². The van der Waals surface area contributed by atoms with Crippen LogP contribution in [0.2, 0.25) is 0 Å². The summed E-state index contributed by atoms with van der Waals surface area (Å²) < 4.78 is 11.2. The van der Waals surface area contributed by atoms with Crippen LogP contribution in [-0.2, 0) is 9.59 Å². The van der Waals surface area contributed by atoms with E-state index in [4.69, 9.17) is 21.7 Å². The van der Waals surface area contributed by atoms with Crippen molar-refractivity contribution in [3.8, 4) is 11.5 Å². The average Bonchev–Trinajstić information content (AvgIpc) is 3.39. The summed E-state index contributed by atoms with van der Waals surface area (Å²) >= 11 is 8.16. The van der Waals surface area contributed by atoms with E-state index in [9.17, 15) is 9.59 Å². The topological polar surface area (TPSA) is 80.2 Å². The molecule has 1 fully saturated rings. The lowest BCUT2D eigenvalue weighted by Crippen LogP contribution is -2.31. The van der Waals surface area contributed by atoms with E-state index in [0.717, 1.165) is 17.9 Å². The molecule has 0 aliphatic carbocycles. The Labute approximate surface area is 175 Å². The van der Waals surface area contributed by atoms with Gasteiger partial charge in [-0.2, -0.15) is 0 Å². The van der Waals surface area contributed by atoms with Gasteiger partial charge in [0.2, 0.25) is 12.7 Å². The number of hydrogen-bond donors (Lipinski definition) is 1. The number of fused-ring (bicyclic) bond motifs is 1. The van der Waals surface area contributed by atoms with E-state index in [2.05, 4.69) is 10.3 Å². The van der Waals surface area contributed by atoms with Gasteiger partial charge < -0.3 is 14.8 Å². The van der Waals surface area contributed by atoms with Gasteiger partial charge in [-0.05, 0) is 30.2 Å². The number of ether oxygens (including phenoxy) is 2. The van der Waals surface area contributed by atoms with Gasteiger partial charge in [0.15, 0.2) is 16.7 Å². The summed E-state index contributed by atoms with van der Waals surface area (Å²) in [7, 11) is 0. The third-order valence-electron chi connectivity index (χ3n) is 4.19. The van der Waals surface area contributed by atoms with Crippen molar-refractivity contribution in [3.05, 3.63) is 28.7 Å². The second-order valence-corrected chi connectivity index (χ2v) is 8.89. The smallest absolute Gasteiger partial charge is 0.266 e. The Balaban J connectivity index is 1.32. The number of amides is 2. The third-order valence-corrected chi connectivity index (χ3v) is 6.45. The molecular formula is C18H17N3O4S3. The number of aliphatic imine (C=N–C) groups is 1. The van der Waals surface area contributed by atoms with Gasteiger partial charge >= 0.3 is 0 Å². The highest BCUT2D eigenvalue weighted by atomic mass is 32.2. The van der Waals surface area contributed by atoms with Crippen LogP contribution < -0.4 is 14.8 Å². The summed E-state index contributed by atoms with van der Waals surface area (Å²) in [6.07, 6.45) is 2.65. The molecule has 146 valence electrons. The predicted molar refractivity (Wildman–Crippen MR) is 115 cm³/mol. The van der Waals surface area contributed by atoms with Gasteiger partial charge in [-0.25, -0.2) is 0 Å². The lowest BCUT2D eigenvalue weighted by Gasteiger charge is -2.14. The third kappa shape index (κ3) is 4.34. The number of benzene rings is 1. The molecule has 1 aromatic carbocycles. The molecule has 28 heavy (non-hydrogen) atoms. The summed E-state index contributed by atoms with van der Waals surface area (Å²) in [5, 5.41) is 3.47. The Bertz CT molecular complexity index is 900. The Morgan fingerprint density at radius 2 is 2.21 bits per heavy atom. The molecule has 0 atom stereocenters. The number of rotatable bonds is 5. The molecule has 10 heteroatoms.